The first-order chi connectivity index (χ1) is 19.7. The van der Waals surface area contributed by atoms with E-state index >= 15 is 0 Å². The van der Waals surface area contributed by atoms with Gasteiger partial charge in [0.1, 0.15) is 5.60 Å². The van der Waals surface area contributed by atoms with E-state index in [9.17, 15) is 33.3 Å². The predicted molar refractivity (Wildman–Crippen MR) is 159 cm³/mol. The van der Waals surface area contributed by atoms with Crippen molar-refractivity contribution in [1.29, 1.82) is 0 Å². The van der Waals surface area contributed by atoms with Crippen LogP contribution >= 0.6 is 0 Å². The molecule has 2 aromatic carbocycles. The first-order valence-electron chi connectivity index (χ1n) is 14.1. The lowest BCUT2D eigenvalue weighted by atomic mass is 9.97. The Balaban J connectivity index is 1.71. The summed E-state index contributed by atoms with van der Waals surface area (Å²) in [5, 5.41) is 38.1. The highest BCUT2D eigenvalue weighted by molar-refractivity contribution is 7.91. The van der Waals surface area contributed by atoms with E-state index in [4.69, 9.17) is 4.74 Å². The highest BCUT2D eigenvalue weighted by Crippen LogP contribution is 2.24. The fraction of sp³-hybridized carbons (Fsp3) is 0.533. The average Bonchev–Trinajstić information content (AvgIpc) is 3.26. The fourth-order valence-electron chi connectivity index (χ4n) is 5.11. The molecule has 5 atom stereocenters. The van der Waals surface area contributed by atoms with E-state index < -0.39 is 58.0 Å². The summed E-state index contributed by atoms with van der Waals surface area (Å²) >= 11 is 0. The number of nitrogens with one attached hydrogen (secondary N) is 2. The summed E-state index contributed by atoms with van der Waals surface area (Å²) in [6.45, 7) is 5.12. The van der Waals surface area contributed by atoms with E-state index in [1.54, 1.807) is 20.8 Å². The van der Waals surface area contributed by atoms with Crippen molar-refractivity contribution in [2.75, 3.05) is 24.6 Å². The number of rotatable bonds is 13. The van der Waals surface area contributed by atoms with E-state index in [0.717, 1.165) is 16.0 Å². The maximum absolute atomic E-state index is 12.5. The SMILES string of the molecule is CC(C)(C)OC(=O)N[C@@H](Cc1ccccc1)[C@H](O)CNC[C@@H](O)[C@H](Cc1ccccc1)N(C(=O)O)C1CCS(=O)(=O)C1. The van der Waals surface area contributed by atoms with Gasteiger partial charge in [0, 0.05) is 13.1 Å². The molecule has 0 radical (unpaired) electrons. The molecular weight excluding hydrogens is 562 g/mol. The van der Waals surface area contributed by atoms with Gasteiger partial charge in [0.05, 0.1) is 41.8 Å². The maximum atomic E-state index is 12.5. The largest absolute Gasteiger partial charge is 0.465 e. The standard InChI is InChI=1S/C30H43N3O8S/c1-30(2,3)41-28(36)32-24(16-21-10-6-4-7-11-21)26(34)18-31-19-27(35)25(17-22-12-8-5-9-13-22)33(29(37)38)23-14-15-42(39,40)20-23/h4-13,23-27,31,34-35H,14-20H2,1-3H3,(H,32,36)(H,37,38)/t23?,24-,25-,26+,27+/m0/s1. The molecule has 1 saturated heterocycles. The van der Waals surface area contributed by atoms with Crippen LogP contribution in [-0.4, -0.2) is 101 Å². The van der Waals surface area contributed by atoms with Crippen molar-refractivity contribution in [3.8, 4) is 0 Å². The molecular formula is C30H43N3O8S. The number of alkyl carbamates (subject to hydrolysis) is 1. The monoisotopic (exact) mass is 605 g/mol. The molecule has 1 heterocycles. The van der Waals surface area contributed by atoms with Gasteiger partial charge < -0.3 is 30.7 Å². The summed E-state index contributed by atoms with van der Waals surface area (Å²) in [5.74, 6) is -0.394. The minimum Gasteiger partial charge on any atom is -0.465 e. The van der Waals surface area contributed by atoms with Gasteiger partial charge in [0.25, 0.3) is 0 Å². The van der Waals surface area contributed by atoms with E-state index in [-0.39, 0.29) is 37.4 Å². The molecule has 1 fully saturated rings. The van der Waals surface area contributed by atoms with Gasteiger partial charge in [0.15, 0.2) is 9.84 Å². The van der Waals surface area contributed by atoms with Gasteiger partial charge in [-0.25, -0.2) is 18.0 Å². The minimum absolute atomic E-state index is 0.0205. The van der Waals surface area contributed by atoms with Crippen LogP contribution in [-0.2, 0) is 27.4 Å². The lowest BCUT2D eigenvalue weighted by molar-refractivity contribution is 0.0285. The summed E-state index contributed by atoms with van der Waals surface area (Å²) < 4.78 is 29.7. The number of hydrogen-bond acceptors (Lipinski definition) is 8. The predicted octanol–water partition coefficient (Wildman–Crippen LogP) is 2.21. The number of carbonyl (C=O) groups is 2. The van der Waals surface area contributed by atoms with Crippen LogP contribution in [0.5, 0.6) is 0 Å². The van der Waals surface area contributed by atoms with Gasteiger partial charge in [-0.1, -0.05) is 60.7 Å². The summed E-state index contributed by atoms with van der Waals surface area (Å²) in [6, 6.07) is 16.0. The molecule has 0 saturated carbocycles. The van der Waals surface area contributed by atoms with Gasteiger partial charge in [-0.3, -0.25) is 4.90 Å². The molecule has 3 rings (SSSR count). The summed E-state index contributed by atoms with van der Waals surface area (Å²) in [5.41, 5.74) is 0.958. The topological polar surface area (TPSA) is 165 Å². The van der Waals surface area contributed by atoms with Gasteiger partial charge >= 0.3 is 12.2 Å². The number of aliphatic hydroxyl groups excluding tert-OH is 2. The fourth-order valence-corrected chi connectivity index (χ4v) is 6.82. The van der Waals surface area contributed by atoms with Gasteiger partial charge in [-0.05, 0) is 51.2 Å². The molecule has 5 N–H and O–H groups in total. The molecule has 42 heavy (non-hydrogen) atoms. The van der Waals surface area contributed by atoms with Crippen LogP contribution in [0.3, 0.4) is 0 Å². The Hall–Kier alpha value is -3.19. The third-order valence-electron chi connectivity index (χ3n) is 7.08. The first kappa shape index (κ1) is 33.3. The Morgan fingerprint density at radius 3 is 2.00 bits per heavy atom. The van der Waals surface area contributed by atoms with E-state index in [1.165, 1.54) is 0 Å². The Kier molecular flexibility index (Phi) is 11.7. The second-order valence-electron chi connectivity index (χ2n) is 11.7. The van der Waals surface area contributed by atoms with Crippen LogP contribution in [0.15, 0.2) is 60.7 Å². The van der Waals surface area contributed by atoms with Gasteiger partial charge in [0.2, 0.25) is 0 Å². The average molecular weight is 606 g/mol. The van der Waals surface area contributed by atoms with E-state index in [2.05, 4.69) is 10.6 Å². The third kappa shape index (κ3) is 10.6. The van der Waals surface area contributed by atoms with Crippen molar-refractivity contribution in [3.63, 3.8) is 0 Å². The van der Waals surface area contributed by atoms with Crippen molar-refractivity contribution in [3.05, 3.63) is 71.8 Å². The number of benzene rings is 2. The summed E-state index contributed by atoms with van der Waals surface area (Å²) in [7, 11) is -3.37. The molecule has 0 bridgehead atoms. The van der Waals surface area contributed by atoms with Crippen LogP contribution in [0.1, 0.15) is 38.3 Å². The molecule has 12 heteroatoms. The Morgan fingerprint density at radius 2 is 1.50 bits per heavy atom. The Bertz CT molecular complexity index is 1250. The number of aliphatic hydroxyl groups is 2. The highest BCUT2D eigenvalue weighted by Gasteiger charge is 2.40. The molecule has 0 spiro atoms. The lowest BCUT2D eigenvalue weighted by Gasteiger charge is -2.37. The van der Waals surface area contributed by atoms with Crippen molar-refractivity contribution in [2.45, 2.75) is 76.0 Å². The zero-order valence-electron chi connectivity index (χ0n) is 24.3. The van der Waals surface area contributed by atoms with Crippen LogP contribution < -0.4 is 10.6 Å². The third-order valence-corrected chi connectivity index (χ3v) is 8.83. The smallest absolute Gasteiger partial charge is 0.407 e. The minimum atomic E-state index is -3.37. The number of ether oxygens (including phenoxy) is 1. The lowest BCUT2D eigenvalue weighted by Crippen LogP contribution is -2.56. The first-order valence-corrected chi connectivity index (χ1v) is 15.9. The molecule has 0 aromatic heterocycles. The van der Waals surface area contributed by atoms with Gasteiger partial charge in [-0.2, -0.15) is 0 Å². The van der Waals surface area contributed by atoms with Crippen LogP contribution in [0.4, 0.5) is 9.59 Å². The van der Waals surface area contributed by atoms with Crippen LogP contribution in [0.25, 0.3) is 0 Å². The molecule has 11 nitrogen and oxygen atoms in total. The number of sulfone groups is 1. The van der Waals surface area contributed by atoms with Crippen molar-refractivity contribution in [1.82, 2.24) is 15.5 Å². The number of hydrogen-bond donors (Lipinski definition) is 5. The number of carboxylic acid groups (broad SMARTS) is 1. The Morgan fingerprint density at radius 1 is 0.952 bits per heavy atom. The number of nitrogens with zero attached hydrogens (tertiary/aromatic N) is 1. The van der Waals surface area contributed by atoms with Crippen LogP contribution in [0, 0.1) is 0 Å². The second-order valence-corrected chi connectivity index (χ2v) is 14.0. The molecule has 1 unspecified atom stereocenters. The van der Waals surface area contributed by atoms with E-state index in [1.807, 2.05) is 60.7 Å². The highest BCUT2D eigenvalue weighted by atomic mass is 32.2. The summed E-state index contributed by atoms with van der Waals surface area (Å²) in [4.78, 5) is 26.0. The van der Waals surface area contributed by atoms with Gasteiger partial charge in [-0.15, -0.1) is 0 Å². The Labute approximate surface area is 247 Å². The summed E-state index contributed by atoms with van der Waals surface area (Å²) in [6.07, 6.45) is -3.61. The number of carbonyl (C=O) groups excluding carboxylic acids is 1. The zero-order chi connectivity index (χ0) is 30.9. The molecule has 1 aliphatic rings. The van der Waals surface area contributed by atoms with Crippen molar-refractivity contribution < 1.29 is 38.1 Å². The maximum Gasteiger partial charge on any atom is 0.407 e. The van der Waals surface area contributed by atoms with E-state index in [0.29, 0.717) is 6.42 Å². The normalized spacial score (nSPS) is 19.3. The molecule has 1 aliphatic heterocycles. The van der Waals surface area contributed by atoms with Crippen molar-refractivity contribution >= 4 is 22.0 Å². The van der Waals surface area contributed by atoms with Crippen molar-refractivity contribution in [2.24, 2.45) is 0 Å². The quantitative estimate of drug-likeness (QED) is 0.230. The molecule has 2 amide bonds. The second kappa shape index (κ2) is 14.8. The molecule has 2 aromatic rings. The van der Waals surface area contributed by atoms with Crippen LogP contribution in [0.2, 0.25) is 0 Å². The zero-order valence-corrected chi connectivity index (χ0v) is 25.2. The number of amides is 2. The molecule has 232 valence electrons. The molecule has 0 aliphatic carbocycles.